The van der Waals surface area contributed by atoms with Crippen LogP contribution in [0.4, 0.5) is 10.6 Å². The Kier molecular flexibility index (Phi) is 9.35. The number of likely N-dealkylation sites (N-methyl/N-ethyl adjacent to an activating group) is 1. The van der Waals surface area contributed by atoms with Gasteiger partial charge in [-0.15, -0.1) is 0 Å². The molecule has 0 bridgehead atoms. The van der Waals surface area contributed by atoms with Gasteiger partial charge < -0.3 is 29.0 Å². The monoisotopic (exact) mass is 513 g/mol. The van der Waals surface area contributed by atoms with E-state index in [9.17, 15) is 4.79 Å². The number of carbonyl (C=O) groups is 1. The Balaban J connectivity index is 1.96. The van der Waals surface area contributed by atoms with Crippen molar-refractivity contribution < 1.29 is 19.0 Å². The Morgan fingerprint density at radius 2 is 1.78 bits per heavy atom. The molecule has 0 saturated heterocycles. The van der Waals surface area contributed by atoms with Crippen molar-refractivity contribution in [3.63, 3.8) is 0 Å². The number of aromatic nitrogens is 2. The quantitative estimate of drug-likeness (QED) is 0.269. The van der Waals surface area contributed by atoms with E-state index in [0.29, 0.717) is 42.8 Å². The summed E-state index contributed by atoms with van der Waals surface area (Å²) < 4.78 is 19.3. The maximum Gasteiger partial charge on any atom is 0.320 e. The molecule has 0 aliphatic heterocycles. The maximum atomic E-state index is 12.4. The van der Waals surface area contributed by atoms with Crippen molar-refractivity contribution in [2.45, 2.75) is 32.4 Å². The molecule has 0 aliphatic rings. The number of hydrogen-bond donors (Lipinski definition) is 2. The fraction of sp³-hybridized carbons (Fsp3) is 0.462. The van der Waals surface area contributed by atoms with Crippen LogP contribution in [0, 0.1) is 0 Å². The van der Waals surface area contributed by atoms with Crippen molar-refractivity contribution in [3.05, 3.63) is 36.5 Å². The third-order valence-electron chi connectivity index (χ3n) is 5.73. The first-order valence-electron chi connectivity index (χ1n) is 12.1. The number of nitrogens with zero attached hydrogens (tertiary/aromatic N) is 3. The van der Waals surface area contributed by atoms with E-state index in [4.69, 9.17) is 19.2 Å². The van der Waals surface area contributed by atoms with Gasteiger partial charge in [0.1, 0.15) is 29.7 Å². The van der Waals surface area contributed by atoms with E-state index in [1.165, 1.54) is 0 Å². The molecule has 0 saturated carbocycles. The molecular weight excluding hydrogens is 474 g/mol. The number of fused-ring (bicyclic) bond motifs is 1. The maximum absolute atomic E-state index is 12.4. The zero-order chi connectivity index (χ0) is 26.3. The fourth-order valence-electron chi connectivity index (χ4n) is 3.74. The van der Waals surface area contributed by atoms with Crippen molar-refractivity contribution in [1.29, 1.82) is 0 Å². The van der Waals surface area contributed by atoms with E-state index < -0.39 is 8.07 Å². The summed E-state index contributed by atoms with van der Waals surface area (Å²) >= 11 is 0. The first-order valence-corrected chi connectivity index (χ1v) is 15.8. The predicted octanol–water partition coefficient (Wildman–Crippen LogP) is 4.72. The van der Waals surface area contributed by atoms with Crippen molar-refractivity contribution in [1.82, 2.24) is 19.8 Å². The predicted molar refractivity (Wildman–Crippen MR) is 148 cm³/mol. The Hall–Kier alpha value is -3.08. The molecular formula is C26H39N5O4Si. The van der Waals surface area contributed by atoms with Crippen molar-refractivity contribution >= 4 is 31.0 Å². The van der Waals surface area contributed by atoms with Gasteiger partial charge in [0.15, 0.2) is 0 Å². The van der Waals surface area contributed by atoms with Gasteiger partial charge in [0.2, 0.25) is 0 Å². The molecule has 0 unspecified atom stereocenters. The average Bonchev–Trinajstić information content (AvgIpc) is 3.17. The van der Waals surface area contributed by atoms with Crippen LogP contribution in [-0.4, -0.2) is 76.6 Å². The minimum Gasteiger partial charge on any atom is -0.496 e. The Labute approximate surface area is 214 Å². The number of anilines is 1. The van der Waals surface area contributed by atoms with Gasteiger partial charge >= 0.3 is 6.03 Å². The highest BCUT2D eigenvalue weighted by Gasteiger charge is 2.20. The highest BCUT2D eigenvalue weighted by Crippen LogP contribution is 2.42. The molecule has 0 radical (unpaired) electrons. The van der Waals surface area contributed by atoms with Gasteiger partial charge in [0.05, 0.1) is 19.8 Å². The lowest BCUT2D eigenvalue weighted by molar-refractivity contribution is 0.0899. The summed E-state index contributed by atoms with van der Waals surface area (Å²) in [5.74, 6) is 1.87. The lowest BCUT2D eigenvalue weighted by Crippen LogP contribution is -2.34. The summed E-state index contributed by atoms with van der Waals surface area (Å²) in [6, 6.07) is 10.3. The number of rotatable bonds is 12. The van der Waals surface area contributed by atoms with Gasteiger partial charge in [-0.3, -0.25) is 5.32 Å². The lowest BCUT2D eigenvalue weighted by Gasteiger charge is -2.15. The molecule has 0 aliphatic carbocycles. The van der Waals surface area contributed by atoms with Crippen molar-refractivity contribution in [2.75, 3.05) is 53.3 Å². The molecule has 9 nitrogen and oxygen atoms in total. The second kappa shape index (κ2) is 12.2. The molecule has 10 heteroatoms. The number of benzene rings is 1. The van der Waals surface area contributed by atoms with Crippen molar-refractivity contribution in [2.24, 2.45) is 0 Å². The standard InChI is InChI=1S/C26H39N5O4Si/c1-30(2)14-13-27-26(32)29-23-12-11-19-20(24-21(33-3)9-8-10-22(24)34-4)17-31(25(19)28-23)18-35-15-16-36(5,6)7/h8-12,17H,13-16,18H2,1-7H3,(H2,27,28,29,32). The molecule has 0 atom stereocenters. The number of ether oxygens (including phenoxy) is 3. The van der Waals surface area contributed by atoms with E-state index in [-0.39, 0.29) is 6.03 Å². The fourth-order valence-corrected chi connectivity index (χ4v) is 4.50. The molecule has 0 spiro atoms. The summed E-state index contributed by atoms with van der Waals surface area (Å²) in [6.07, 6.45) is 2.01. The Bertz CT molecular complexity index is 1150. The molecule has 2 aromatic heterocycles. The largest absolute Gasteiger partial charge is 0.496 e. The third-order valence-corrected chi connectivity index (χ3v) is 7.44. The van der Waals surface area contributed by atoms with Crippen LogP contribution in [0.2, 0.25) is 25.7 Å². The highest BCUT2D eigenvalue weighted by atomic mass is 28.3. The number of pyridine rings is 1. The first-order chi connectivity index (χ1) is 17.1. The van der Waals surface area contributed by atoms with Crippen LogP contribution in [0.5, 0.6) is 11.5 Å². The smallest absolute Gasteiger partial charge is 0.320 e. The van der Waals surface area contributed by atoms with Gasteiger partial charge in [-0.25, -0.2) is 9.78 Å². The van der Waals surface area contributed by atoms with Crippen molar-refractivity contribution in [3.8, 4) is 22.6 Å². The highest BCUT2D eigenvalue weighted by molar-refractivity contribution is 6.76. The van der Waals surface area contributed by atoms with Gasteiger partial charge in [-0.05, 0) is 44.4 Å². The number of amides is 2. The van der Waals surface area contributed by atoms with Crippen LogP contribution in [0.3, 0.4) is 0 Å². The van der Waals surface area contributed by atoms with Crippen LogP contribution >= 0.6 is 0 Å². The summed E-state index contributed by atoms with van der Waals surface area (Å²) in [5, 5.41) is 6.60. The molecule has 0 fully saturated rings. The minimum absolute atomic E-state index is 0.292. The van der Waals surface area contributed by atoms with Crippen LogP contribution in [0.1, 0.15) is 0 Å². The molecule has 1 aromatic carbocycles. The SMILES string of the molecule is COc1cccc(OC)c1-c1cn(COCC[Si](C)(C)C)c2nc(NC(=O)NCCN(C)C)ccc12. The summed E-state index contributed by atoms with van der Waals surface area (Å²) in [6.45, 7) is 9.32. The molecule has 196 valence electrons. The van der Waals surface area contributed by atoms with Crippen LogP contribution in [0.25, 0.3) is 22.2 Å². The van der Waals surface area contributed by atoms with Crippen LogP contribution in [0.15, 0.2) is 36.5 Å². The van der Waals surface area contributed by atoms with Gasteiger partial charge in [-0.2, -0.15) is 0 Å². The summed E-state index contributed by atoms with van der Waals surface area (Å²) in [4.78, 5) is 19.1. The summed E-state index contributed by atoms with van der Waals surface area (Å²) in [7, 11) is 6.01. The molecule has 36 heavy (non-hydrogen) atoms. The molecule has 3 aromatic rings. The number of carbonyl (C=O) groups excluding carboxylic acids is 1. The number of methoxy groups -OCH3 is 2. The first kappa shape index (κ1) is 27.5. The topological polar surface area (TPSA) is 89.9 Å². The van der Waals surface area contributed by atoms with E-state index >= 15 is 0 Å². The van der Waals surface area contributed by atoms with E-state index in [1.54, 1.807) is 20.3 Å². The Morgan fingerprint density at radius 3 is 2.39 bits per heavy atom. The van der Waals surface area contributed by atoms with E-state index in [2.05, 4.69) is 30.3 Å². The Morgan fingerprint density at radius 1 is 1.08 bits per heavy atom. The average molecular weight is 514 g/mol. The molecule has 2 heterocycles. The zero-order valence-electron chi connectivity index (χ0n) is 22.5. The zero-order valence-corrected chi connectivity index (χ0v) is 23.5. The molecule has 3 rings (SSSR count). The second-order valence-corrected chi connectivity index (χ2v) is 15.8. The second-order valence-electron chi connectivity index (χ2n) is 10.1. The van der Waals surface area contributed by atoms with Gasteiger partial charge in [0, 0.05) is 44.9 Å². The van der Waals surface area contributed by atoms with E-state index in [1.807, 2.05) is 54.0 Å². The lowest BCUT2D eigenvalue weighted by atomic mass is 10.0. The van der Waals surface area contributed by atoms with Gasteiger partial charge in [-0.1, -0.05) is 25.7 Å². The number of hydrogen-bond acceptors (Lipinski definition) is 6. The van der Waals surface area contributed by atoms with Crippen LogP contribution < -0.4 is 20.1 Å². The minimum atomic E-state index is -1.21. The number of urea groups is 1. The molecule has 2 amide bonds. The van der Waals surface area contributed by atoms with E-state index in [0.717, 1.165) is 29.1 Å². The normalized spacial score (nSPS) is 11.7. The third kappa shape index (κ3) is 7.22. The van der Waals surface area contributed by atoms with Gasteiger partial charge in [0.25, 0.3) is 0 Å². The summed E-state index contributed by atoms with van der Waals surface area (Å²) in [5.41, 5.74) is 2.47. The van der Waals surface area contributed by atoms with Crippen LogP contribution in [-0.2, 0) is 11.5 Å². The molecule has 2 N–H and O–H groups in total. The number of nitrogens with one attached hydrogen (secondary N) is 2.